The number of fused-ring (bicyclic) bond motifs is 1. The van der Waals surface area contributed by atoms with Crippen molar-refractivity contribution in [3.05, 3.63) is 45.8 Å². The Labute approximate surface area is 150 Å². The second-order valence-electron chi connectivity index (χ2n) is 6.43. The van der Waals surface area contributed by atoms with Gasteiger partial charge in [0.25, 0.3) is 0 Å². The predicted molar refractivity (Wildman–Crippen MR) is 97.8 cm³/mol. The molecule has 0 aliphatic heterocycles. The first-order chi connectivity index (χ1) is 12.0. The van der Waals surface area contributed by atoms with Gasteiger partial charge in [-0.15, -0.1) is 11.3 Å². The Hall–Kier alpha value is -2.34. The van der Waals surface area contributed by atoms with Gasteiger partial charge in [0.15, 0.2) is 0 Å². The Morgan fingerprint density at radius 3 is 2.68 bits per heavy atom. The van der Waals surface area contributed by atoms with Gasteiger partial charge in [0, 0.05) is 4.88 Å². The molecule has 25 heavy (non-hydrogen) atoms. The number of anilines is 1. The van der Waals surface area contributed by atoms with E-state index in [0.29, 0.717) is 10.9 Å². The number of rotatable bonds is 5. The maximum Gasteiger partial charge on any atom is 0.339 e. The lowest BCUT2D eigenvalue weighted by atomic mass is 9.88. The molecule has 1 aliphatic carbocycles. The van der Waals surface area contributed by atoms with E-state index in [1.165, 1.54) is 11.3 Å². The number of nitrogens with one attached hydrogen (secondary N) is 1. The molecule has 1 aliphatic rings. The number of benzene rings is 1. The van der Waals surface area contributed by atoms with Crippen LogP contribution in [-0.2, 0) is 24.1 Å². The third kappa shape index (κ3) is 3.85. The molecular weight excluding hydrogens is 338 g/mol. The van der Waals surface area contributed by atoms with Crippen LogP contribution in [-0.4, -0.2) is 24.1 Å². The van der Waals surface area contributed by atoms with Gasteiger partial charge in [-0.2, -0.15) is 0 Å². The molecule has 1 amide bonds. The fraction of sp³-hybridized carbons (Fsp3) is 0.368. The number of carbonyl (C=O) groups is 2. The Balaban J connectivity index is 1.77. The monoisotopic (exact) mass is 359 g/mol. The summed E-state index contributed by atoms with van der Waals surface area (Å²) in [4.78, 5) is 25.1. The van der Waals surface area contributed by atoms with Crippen LogP contribution in [0.25, 0.3) is 0 Å². The van der Waals surface area contributed by atoms with Gasteiger partial charge < -0.3 is 15.2 Å². The standard InChI is InChI=1S/C19H21NO4S/c1-11-3-8-14-15(9-11)25-18(17(14)19(22)23)20-16(21)10-12-4-6-13(24-2)7-5-12/h4-7,11H,3,8-10H2,1-2H3,(H,20,21)(H,22,23). The van der Waals surface area contributed by atoms with E-state index >= 15 is 0 Å². The summed E-state index contributed by atoms with van der Waals surface area (Å²) in [5.74, 6) is 0.110. The van der Waals surface area contributed by atoms with E-state index in [-0.39, 0.29) is 17.9 Å². The lowest BCUT2D eigenvalue weighted by molar-refractivity contribution is -0.115. The van der Waals surface area contributed by atoms with Crippen molar-refractivity contribution in [2.24, 2.45) is 5.92 Å². The van der Waals surface area contributed by atoms with Crippen molar-refractivity contribution in [3.8, 4) is 5.75 Å². The molecule has 132 valence electrons. The van der Waals surface area contributed by atoms with Crippen molar-refractivity contribution in [1.82, 2.24) is 0 Å². The molecule has 2 aromatic rings. The zero-order valence-electron chi connectivity index (χ0n) is 14.3. The number of aromatic carboxylic acids is 1. The predicted octanol–water partition coefficient (Wildman–Crippen LogP) is 3.76. The second kappa shape index (κ2) is 7.27. The molecule has 0 spiro atoms. The summed E-state index contributed by atoms with van der Waals surface area (Å²) in [6.07, 6.45) is 2.84. The minimum Gasteiger partial charge on any atom is -0.497 e. The third-order valence-electron chi connectivity index (χ3n) is 4.50. The van der Waals surface area contributed by atoms with E-state index in [0.717, 1.165) is 41.0 Å². The van der Waals surface area contributed by atoms with Crippen molar-refractivity contribution in [2.45, 2.75) is 32.6 Å². The molecule has 1 heterocycles. The highest BCUT2D eigenvalue weighted by atomic mass is 32.1. The Bertz CT molecular complexity index is 795. The number of carboxylic acids is 1. The highest BCUT2D eigenvalue weighted by Crippen LogP contribution is 2.39. The number of ether oxygens (including phenoxy) is 1. The van der Waals surface area contributed by atoms with Crippen LogP contribution in [0.15, 0.2) is 24.3 Å². The van der Waals surface area contributed by atoms with Gasteiger partial charge in [0.05, 0.1) is 19.1 Å². The topological polar surface area (TPSA) is 75.6 Å². The van der Waals surface area contributed by atoms with Gasteiger partial charge in [0.1, 0.15) is 10.8 Å². The number of methoxy groups -OCH3 is 1. The molecule has 5 nitrogen and oxygen atoms in total. The summed E-state index contributed by atoms with van der Waals surface area (Å²) < 4.78 is 5.10. The molecule has 1 aromatic carbocycles. The van der Waals surface area contributed by atoms with Crippen molar-refractivity contribution in [1.29, 1.82) is 0 Å². The van der Waals surface area contributed by atoms with Crippen molar-refractivity contribution in [3.63, 3.8) is 0 Å². The van der Waals surface area contributed by atoms with E-state index in [2.05, 4.69) is 12.2 Å². The highest BCUT2D eigenvalue weighted by Gasteiger charge is 2.28. The Kier molecular flexibility index (Phi) is 5.08. The van der Waals surface area contributed by atoms with E-state index < -0.39 is 5.97 Å². The Morgan fingerprint density at radius 1 is 1.32 bits per heavy atom. The largest absolute Gasteiger partial charge is 0.497 e. The summed E-state index contributed by atoms with van der Waals surface area (Å²) in [6.45, 7) is 2.17. The average Bonchev–Trinajstić information content (AvgIpc) is 2.92. The smallest absolute Gasteiger partial charge is 0.339 e. The molecule has 1 unspecified atom stereocenters. The Morgan fingerprint density at radius 2 is 2.04 bits per heavy atom. The number of hydrogen-bond acceptors (Lipinski definition) is 4. The summed E-state index contributed by atoms with van der Waals surface area (Å²) in [7, 11) is 1.59. The maximum absolute atomic E-state index is 12.4. The number of carboxylic acid groups (broad SMARTS) is 1. The summed E-state index contributed by atoms with van der Waals surface area (Å²) in [5, 5.41) is 12.8. The van der Waals surface area contributed by atoms with Crippen LogP contribution in [0.5, 0.6) is 5.75 Å². The van der Waals surface area contributed by atoms with Crippen LogP contribution < -0.4 is 10.1 Å². The molecule has 0 radical (unpaired) electrons. The maximum atomic E-state index is 12.4. The minimum atomic E-state index is -0.966. The van der Waals surface area contributed by atoms with Crippen molar-refractivity contribution in [2.75, 3.05) is 12.4 Å². The van der Waals surface area contributed by atoms with E-state index in [9.17, 15) is 14.7 Å². The molecule has 0 fully saturated rings. The van der Waals surface area contributed by atoms with Crippen molar-refractivity contribution >= 4 is 28.2 Å². The van der Waals surface area contributed by atoms with Gasteiger partial charge in [-0.3, -0.25) is 4.79 Å². The molecular formula is C19H21NO4S. The van der Waals surface area contributed by atoms with Crippen LogP contribution in [0.4, 0.5) is 5.00 Å². The minimum absolute atomic E-state index is 0.196. The van der Waals surface area contributed by atoms with Crippen LogP contribution in [0, 0.1) is 5.92 Å². The van der Waals surface area contributed by atoms with E-state index in [4.69, 9.17) is 4.74 Å². The molecule has 0 saturated carbocycles. The van der Waals surface area contributed by atoms with Gasteiger partial charge in [-0.25, -0.2) is 4.79 Å². The summed E-state index contributed by atoms with van der Waals surface area (Å²) >= 11 is 1.41. The zero-order chi connectivity index (χ0) is 18.0. The lowest BCUT2D eigenvalue weighted by Crippen LogP contribution is -2.16. The lowest BCUT2D eigenvalue weighted by Gasteiger charge is -2.17. The first-order valence-electron chi connectivity index (χ1n) is 8.28. The van der Waals surface area contributed by atoms with E-state index in [1.807, 2.05) is 12.1 Å². The SMILES string of the molecule is COc1ccc(CC(=O)Nc2sc3c(c2C(=O)O)CCC(C)C3)cc1. The van der Waals surface area contributed by atoms with Gasteiger partial charge in [-0.1, -0.05) is 19.1 Å². The van der Waals surface area contributed by atoms with Crippen LogP contribution in [0.3, 0.4) is 0 Å². The molecule has 3 rings (SSSR count). The summed E-state index contributed by atoms with van der Waals surface area (Å²) in [6, 6.07) is 7.27. The fourth-order valence-electron chi connectivity index (χ4n) is 3.16. The van der Waals surface area contributed by atoms with Gasteiger partial charge in [-0.05, 0) is 48.4 Å². The first-order valence-corrected chi connectivity index (χ1v) is 9.10. The third-order valence-corrected chi connectivity index (χ3v) is 5.67. The van der Waals surface area contributed by atoms with Crippen LogP contribution in [0.1, 0.15) is 39.7 Å². The van der Waals surface area contributed by atoms with Crippen molar-refractivity contribution < 1.29 is 19.4 Å². The number of thiophene rings is 1. The van der Waals surface area contributed by atoms with Gasteiger partial charge >= 0.3 is 5.97 Å². The van der Waals surface area contributed by atoms with Gasteiger partial charge in [0.2, 0.25) is 5.91 Å². The normalized spacial score (nSPS) is 16.2. The average molecular weight is 359 g/mol. The molecule has 0 saturated heterocycles. The molecule has 0 bridgehead atoms. The zero-order valence-corrected chi connectivity index (χ0v) is 15.1. The highest BCUT2D eigenvalue weighted by molar-refractivity contribution is 7.17. The molecule has 1 aromatic heterocycles. The molecule has 2 N–H and O–H groups in total. The van der Waals surface area contributed by atoms with Crippen LogP contribution >= 0.6 is 11.3 Å². The number of hydrogen-bond donors (Lipinski definition) is 2. The quantitative estimate of drug-likeness (QED) is 0.852. The number of amides is 1. The van der Waals surface area contributed by atoms with Crippen LogP contribution in [0.2, 0.25) is 0 Å². The first kappa shape index (κ1) is 17.5. The number of carbonyl (C=O) groups excluding carboxylic acids is 1. The fourth-order valence-corrected chi connectivity index (χ4v) is 4.58. The second-order valence-corrected chi connectivity index (χ2v) is 7.54. The molecule has 1 atom stereocenters. The molecule has 6 heteroatoms. The van der Waals surface area contributed by atoms with E-state index in [1.54, 1.807) is 19.2 Å². The summed E-state index contributed by atoms with van der Waals surface area (Å²) in [5.41, 5.74) is 2.02.